The quantitative estimate of drug-likeness (QED) is 0.242. The Morgan fingerprint density at radius 2 is 2.31 bits per heavy atom. The lowest BCUT2D eigenvalue weighted by Crippen LogP contribution is -2.28. The van der Waals surface area contributed by atoms with E-state index < -0.39 is 6.10 Å². The lowest BCUT2D eigenvalue weighted by Gasteiger charge is -2.12. The molecule has 0 aliphatic heterocycles. The second-order valence-electron chi connectivity index (χ2n) is 2.79. The van der Waals surface area contributed by atoms with Crippen molar-refractivity contribution >= 4 is 38.2 Å². The Bertz CT molecular complexity index is 324. The molecule has 7 heteroatoms. The summed E-state index contributed by atoms with van der Waals surface area (Å²) in [4.78, 5) is 3.95. The first kappa shape index (κ1) is 15.0. The first-order valence-corrected chi connectivity index (χ1v) is 5.73. The molecule has 1 unspecified atom stereocenters. The largest absolute Gasteiger partial charge is 0.394 e. The molecule has 0 heterocycles. The Labute approximate surface area is 108 Å². The third-order valence-electron chi connectivity index (χ3n) is 1.68. The summed E-state index contributed by atoms with van der Waals surface area (Å²) < 4.78 is 0.213. The minimum absolute atomic E-state index is 0.213. The Hall–Kier alpha value is -0.960. The van der Waals surface area contributed by atoms with Gasteiger partial charge in [-0.3, -0.25) is 10.4 Å². The number of nitrogens with two attached hydrogens (primary N) is 1. The fourth-order valence-corrected chi connectivity index (χ4v) is 1.39. The van der Waals surface area contributed by atoms with Crippen molar-refractivity contribution in [3.63, 3.8) is 0 Å². The van der Waals surface area contributed by atoms with Gasteiger partial charge in [-0.25, -0.2) is 0 Å². The highest BCUT2D eigenvalue weighted by atomic mass is 127. The number of aliphatic imine (C=N–C) groups is 1. The van der Waals surface area contributed by atoms with Gasteiger partial charge in [-0.2, -0.15) is 5.10 Å². The number of nitrogens with one attached hydrogen (secondary N) is 2. The SMILES string of the molecule is CCN=CC(=NN)C(O)/C(=C/NC)C(=N)I. The monoisotopic (exact) mass is 337 g/mol. The van der Waals surface area contributed by atoms with Crippen molar-refractivity contribution in [3.8, 4) is 0 Å². The summed E-state index contributed by atoms with van der Waals surface area (Å²) in [5.74, 6) is 5.16. The first-order chi connectivity index (χ1) is 7.58. The number of rotatable bonds is 6. The second kappa shape index (κ2) is 8.22. The maximum atomic E-state index is 9.94. The van der Waals surface area contributed by atoms with Gasteiger partial charge in [-0.05, 0) is 29.5 Å². The van der Waals surface area contributed by atoms with Gasteiger partial charge in [-0.15, -0.1) is 0 Å². The van der Waals surface area contributed by atoms with Crippen LogP contribution in [-0.4, -0.2) is 40.4 Å². The molecule has 6 nitrogen and oxygen atoms in total. The fourth-order valence-electron chi connectivity index (χ4n) is 0.937. The molecule has 5 N–H and O–H groups in total. The molecule has 0 radical (unpaired) electrons. The molecule has 0 bridgehead atoms. The zero-order valence-corrected chi connectivity index (χ0v) is 11.4. The normalized spacial score (nSPS) is 15.2. The Morgan fingerprint density at radius 3 is 2.69 bits per heavy atom. The van der Waals surface area contributed by atoms with E-state index in [2.05, 4.69) is 15.4 Å². The van der Waals surface area contributed by atoms with Gasteiger partial charge in [0, 0.05) is 31.6 Å². The number of halogens is 1. The third-order valence-corrected chi connectivity index (χ3v) is 2.31. The van der Waals surface area contributed by atoms with Gasteiger partial charge in [0.1, 0.15) is 11.8 Å². The summed E-state index contributed by atoms with van der Waals surface area (Å²) in [6.45, 7) is 2.44. The van der Waals surface area contributed by atoms with Crippen LogP contribution in [0.15, 0.2) is 21.9 Å². The first-order valence-electron chi connectivity index (χ1n) is 4.65. The number of hydrogen-bond acceptors (Lipinski definition) is 6. The van der Waals surface area contributed by atoms with Crippen LogP contribution in [0.5, 0.6) is 0 Å². The zero-order chi connectivity index (χ0) is 12.6. The van der Waals surface area contributed by atoms with Crippen molar-refractivity contribution in [2.24, 2.45) is 15.9 Å². The average Bonchev–Trinajstić information content (AvgIpc) is 2.26. The Morgan fingerprint density at radius 1 is 1.69 bits per heavy atom. The Kier molecular flexibility index (Phi) is 7.73. The second-order valence-corrected chi connectivity index (χ2v) is 3.87. The summed E-state index contributed by atoms with van der Waals surface area (Å²) in [5.41, 5.74) is 0.625. The minimum atomic E-state index is -1.04. The van der Waals surface area contributed by atoms with E-state index in [4.69, 9.17) is 11.3 Å². The molecule has 0 saturated heterocycles. The van der Waals surface area contributed by atoms with Crippen LogP contribution in [0.2, 0.25) is 0 Å². The van der Waals surface area contributed by atoms with E-state index in [1.54, 1.807) is 29.6 Å². The lowest BCUT2D eigenvalue weighted by atomic mass is 10.1. The van der Waals surface area contributed by atoms with Crippen LogP contribution in [0, 0.1) is 5.41 Å². The van der Waals surface area contributed by atoms with Crippen LogP contribution >= 0.6 is 22.6 Å². The molecule has 0 aliphatic carbocycles. The van der Waals surface area contributed by atoms with Crippen LogP contribution < -0.4 is 11.2 Å². The molecule has 0 aromatic carbocycles. The van der Waals surface area contributed by atoms with Crippen molar-refractivity contribution in [2.45, 2.75) is 13.0 Å². The van der Waals surface area contributed by atoms with Crippen molar-refractivity contribution in [3.05, 3.63) is 11.8 Å². The minimum Gasteiger partial charge on any atom is -0.394 e. The summed E-state index contributed by atoms with van der Waals surface area (Å²) in [7, 11) is 1.69. The number of aliphatic hydroxyl groups excluding tert-OH is 1. The number of aliphatic hydroxyl groups is 1. The fraction of sp³-hybridized carbons (Fsp3) is 0.444. The molecule has 90 valence electrons. The predicted molar refractivity (Wildman–Crippen MR) is 75.6 cm³/mol. The van der Waals surface area contributed by atoms with Gasteiger partial charge in [-0.1, -0.05) is 0 Å². The maximum absolute atomic E-state index is 9.94. The van der Waals surface area contributed by atoms with Gasteiger partial charge in [0.2, 0.25) is 0 Å². The van der Waals surface area contributed by atoms with Crippen LogP contribution in [0.4, 0.5) is 0 Å². The molecule has 0 saturated carbocycles. The van der Waals surface area contributed by atoms with Gasteiger partial charge >= 0.3 is 0 Å². The summed E-state index contributed by atoms with van der Waals surface area (Å²) >= 11 is 1.81. The van der Waals surface area contributed by atoms with E-state index in [9.17, 15) is 5.11 Å². The highest BCUT2D eigenvalue weighted by molar-refractivity contribution is 14.1. The third kappa shape index (κ3) is 4.71. The van der Waals surface area contributed by atoms with Crippen molar-refractivity contribution < 1.29 is 5.11 Å². The van der Waals surface area contributed by atoms with Gasteiger partial charge in [0.15, 0.2) is 0 Å². The molecule has 0 aliphatic rings. The molecule has 0 aromatic heterocycles. The van der Waals surface area contributed by atoms with E-state index in [0.29, 0.717) is 12.1 Å². The molecule has 1 atom stereocenters. The van der Waals surface area contributed by atoms with E-state index in [-0.39, 0.29) is 9.43 Å². The van der Waals surface area contributed by atoms with Gasteiger partial charge < -0.3 is 16.3 Å². The lowest BCUT2D eigenvalue weighted by molar-refractivity contribution is 0.284. The molecular weight excluding hydrogens is 321 g/mol. The summed E-state index contributed by atoms with van der Waals surface area (Å²) in [6, 6.07) is 0. The van der Waals surface area contributed by atoms with Crippen molar-refractivity contribution in [1.82, 2.24) is 5.32 Å². The molecule has 0 rings (SSSR count). The van der Waals surface area contributed by atoms with Crippen LogP contribution in [0.25, 0.3) is 0 Å². The average molecular weight is 337 g/mol. The molecule has 0 aromatic rings. The van der Waals surface area contributed by atoms with Crippen molar-refractivity contribution in [2.75, 3.05) is 13.6 Å². The molecular formula is C9H16IN5O. The highest BCUT2D eigenvalue weighted by Crippen LogP contribution is 2.09. The standard InChI is InChI=1S/C9H16IN5O/c1-3-14-5-7(15-12)8(16)6(4-13-2)9(10)11/h4-5,8,11,13,16H,3,12H2,1-2H3/b6-4-,11-9?,14-5?,15-7?. The van der Waals surface area contributed by atoms with Crippen LogP contribution in [0.1, 0.15) is 6.92 Å². The van der Waals surface area contributed by atoms with Gasteiger partial charge in [0.05, 0.1) is 3.72 Å². The molecule has 0 fully saturated rings. The smallest absolute Gasteiger partial charge is 0.128 e. The molecule has 0 spiro atoms. The van der Waals surface area contributed by atoms with Crippen LogP contribution in [-0.2, 0) is 0 Å². The number of nitrogens with zero attached hydrogens (tertiary/aromatic N) is 2. The van der Waals surface area contributed by atoms with E-state index in [1.807, 2.05) is 6.92 Å². The van der Waals surface area contributed by atoms with Gasteiger partial charge in [0.25, 0.3) is 0 Å². The highest BCUT2D eigenvalue weighted by Gasteiger charge is 2.18. The number of hydrazone groups is 1. The summed E-state index contributed by atoms with van der Waals surface area (Å²) in [5, 5.41) is 23.7. The van der Waals surface area contributed by atoms with Crippen LogP contribution in [0.3, 0.4) is 0 Å². The maximum Gasteiger partial charge on any atom is 0.128 e. The molecule has 16 heavy (non-hydrogen) atoms. The number of hydrogen-bond donors (Lipinski definition) is 4. The molecule has 0 amide bonds. The zero-order valence-electron chi connectivity index (χ0n) is 9.24. The summed E-state index contributed by atoms with van der Waals surface area (Å²) in [6.07, 6.45) is 1.90. The van der Waals surface area contributed by atoms with E-state index in [1.165, 1.54) is 12.4 Å². The Balaban J connectivity index is 4.98. The van der Waals surface area contributed by atoms with E-state index in [0.717, 1.165) is 0 Å². The van der Waals surface area contributed by atoms with Crippen molar-refractivity contribution in [1.29, 1.82) is 5.41 Å². The predicted octanol–water partition coefficient (Wildman–Crippen LogP) is 0.268. The van der Waals surface area contributed by atoms with E-state index >= 15 is 0 Å². The topological polar surface area (TPSA) is 107 Å².